The molecule has 0 radical (unpaired) electrons. The Morgan fingerprint density at radius 1 is 1.00 bits per heavy atom. The van der Waals surface area contributed by atoms with Crippen molar-refractivity contribution in [3.8, 4) is 0 Å². The van der Waals surface area contributed by atoms with Crippen molar-refractivity contribution in [2.24, 2.45) is 0 Å². The molecule has 0 saturated heterocycles. The van der Waals surface area contributed by atoms with Gasteiger partial charge in [-0.3, -0.25) is 9.11 Å². The van der Waals surface area contributed by atoms with Gasteiger partial charge in [0, 0.05) is 11.2 Å². The van der Waals surface area contributed by atoms with Gasteiger partial charge in [0.25, 0.3) is 9.05 Å². The Kier molecular flexibility index (Phi) is 4.36. The Hall–Kier alpha value is -1.30. The van der Waals surface area contributed by atoms with E-state index in [1.165, 1.54) is 0 Å². The van der Waals surface area contributed by atoms with Crippen LogP contribution in [0, 0.1) is 0 Å². The quantitative estimate of drug-likeness (QED) is 0.351. The van der Waals surface area contributed by atoms with Gasteiger partial charge in [-0.15, -0.1) is 0 Å². The number of hydrogen-bond donors (Lipinski definition) is 5. The third kappa shape index (κ3) is 8.79. The monoisotopic (exact) mass is 240 g/mol. The molecule has 0 spiro atoms. The van der Waals surface area contributed by atoms with Gasteiger partial charge in [-0.05, 0) is 0 Å². The molecule has 0 amide bonds. The summed E-state index contributed by atoms with van der Waals surface area (Å²) in [6, 6.07) is 0. The Morgan fingerprint density at radius 2 is 1.14 bits per heavy atom. The lowest BCUT2D eigenvalue weighted by molar-refractivity contribution is 0.450. The molecule has 1 heterocycles. The third-order valence-corrected chi connectivity index (χ3v) is 0.687. The molecule has 0 aliphatic heterocycles. The molecular weight excluding hydrogens is 232 g/mol. The minimum atomic E-state index is -3.83. The van der Waals surface area contributed by atoms with Crippen molar-refractivity contribution in [3.05, 3.63) is 0 Å². The first-order chi connectivity index (χ1) is 6.18. The predicted molar refractivity (Wildman–Crippen MR) is 53.8 cm³/mol. The van der Waals surface area contributed by atoms with E-state index in [1.54, 1.807) is 0 Å². The van der Waals surface area contributed by atoms with Gasteiger partial charge in [0.15, 0.2) is 0 Å². The molecule has 1 rings (SSSR count). The highest BCUT2D eigenvalue weighted by molar-refractivity contribution is 8.26. The number of hydrogen-bond acceptors (Lipinski definition) is 8. The van der Waals surface area contributed by atoms with Crippen molar-refractivity contribution in [1.82, 2.24) is 15.0 Å². The van der Waals surface area contributed by atoms with Crippen LogP contribution < -0.4 is 17.2 Å². The molecule has 0 bridgehead atoms. The molecule has 0 atom stereocenters. The summed E-state index contributed by atoms with van der Waals surface area (Å²) in [6.07, 6.45) is 0. The molecule has 0 unspecified atom stereocenters. The lowest BCUT2D eigenvalue weighted by Crippen LogP contribution is -2.05. The van der Waals surface area contributed by atoms with E-state index in [1.807, 2.05) is 0 Å². The molecule has 14 heavy (non-hydrogen) atoms. The molecule has 0 fully saturated rings. The second-order valence-corrected chi connectivity index (χ2v) is 4.06. The van der Waals surface area contributed by atoms with Crippen molar-refractivity contribution in [2.45, 2.75) is 0 Å². The minimum absolute atomic E-state index is 0.0417. The van der Waals surface area contributed by atoms with Crippen molar-refractivity contribution in [2.75, 3.05) is 17.2 Å². The lowest BCUT2D eigenvalue weighted by atomic mass is 10.9. The van der Waals surface area contributed by atoms with Gasteiger partial charge in [0.2, 0.25) is 17.8 Å². The van der Waals surface area contributed by atoms with E-state index in [4.69, 9.17) is 30.5 Å². The highest BCUT2D eigenvalue weighted by Gasteiger charge is 1.93. The average molecular weight is 240 g/mol. The maximum absolute atomic E-state index is 9.11. The van der Waals surface area contributed by atoms with Crippen LogP contribution >= 0.6 is 0 Å². The summed E-state index contributed by atoms with van der Waals surface area (Å²) in [4.78, 5) is 10.5. The fraction of sp³-hybridized carbons (Fsp3) is 0. The van der Waals surface area contributed by atoms with E-state index >= 15 is 0 Å². The van der Waals surface area contributed by atoms with Gasteiger partial charge < -0.3 is 17.2 Å². The summed E-state index contributed by atoms with van der Waals surface area (Å²) < 4.78 is 24.0. The van der Waals surface area contributed by atoms with Crippen LogP contribution in [-0.2, 0) is 20.2 Å². The van der Waals surface area contributed by atoms with E-state index in [-0.39, 0.29) is 17.8 Å². The van der Waals surface area contributed by atoms with Gasteiger partial charge in [-0.25, -0.2) is 0 Å². The first-order valence-electron chi connectivity index (χ1n) is 2.91. The van der Waals surface area contributed by atoms with Crippen molar-refractivity contribution >= 4 is 38.1 Å². The molecule has 0 aliphatic carbocycles. The van der Waals surface area contributed by atoms with Crippen LogP contribution in [0.5, 0.6) is 0 Å². The largest absolute Gasteiger partial charge is 0.368 e. The first-order valence-corrected chi connectivity index (χ1v) is 5.30. The normalized spacial score (nSPS) is 10.1. The molecule has 1 aromatic rings. The minimum Gasteiger partial charge on any atom is -0.368 e. The summed E-state index contributed by atoms with van der Waals surface area (Å²) in [5.41, 5.74) is 15.4. The molecule has 0 saturated carbocycles. The molecule has 9 nitrogen and oxygen atoms in total. The molecule has 8 N–H and O–H groups in total. The zero-order chi connectivity index (χ0) is 11.4. The van der Waals surface area contributed by atoms with Gasteiger partial charge in [0.05, 0.1) is 0 Å². The zero-order valence-corrected chi connectivity index (χ0v) is 8.33. The number of rotatable bonds is 0. The smallest absolute Gasteiger partial charge is 0.263 e. The van der Waals surface area contributed by atoms with Crippen LogP contribution in [-0.4, -0.2) is 28.3 Å². The maximum atomic E-state index is 9.11. The third-order valence-electron chi connectivity index (χ3n) is 0.687. The van der Waals surface area contributed by atoms with Gasteiger partial charge in [-0.2, -0.15) is 19.2 Å². The van der Waals surface area contributed by atoms with E-state index in [0.717, 1.165) is 0 Å². The number of aromatic nitrogens is 3. The second kappa shape index (κ2) is 4.80. The van der Waals surface area contributed by atoms with Crippen LogP contribution in [0.15, 0.2) is 0 Å². The zero-order valence-electron chi connectivity index (χ0n) is 6.69. The highest BCUT2D eigenvalue weighted by Crippen LogP contribution is 1.97. The topological polar surface area (TPSA) is 174 Å². The first kappa shape index (κ1) is 12.7. The number of anilines is 3. The van der Waals surface area contributed by atoms with Crippen LogP contribution in [0.3, 0.4) is 0 Å². The van der Waals surface area contributed by atoms with E-state index in [0.29, 0.717) is 0 Å². The Morgan fingerprint density at radius 3 is 1.29 bits per heavy atom. The van der Waals surface area contributed by atoms with Crippen molar-refractivity contribution in [1.29, 1.82) is 0 Å². The van der Waals surface area contributed by atoms with Crippen LogP contribution in [0.25, 0.3) is 0 Å². The lowest BCUT2D eigenvalue weighted by Gasteiger charge is -1.93. The Labute approximate surface area is 84.1 Å². The fourth-order valence-electron chi connectivity index (χ4n) is 0.427. The molecule has 0 aliphatic rings. The molecule has 0 aromatic carbocycles. The molecule has 1 aromatic heterocycles. The van der Waals surface area contributed by atoms with Crippen molar-refractivity contribution in [3.63, 3.8) is 0 Å². The van der Waals surface area contributed by atoms with Crippen LogP contribution in [0.1, 0.15) is 0 Å². The second-order valence-electron chi connectivity index (χ2n) is 1.86. The van der Waals surface area contributed by atoms with Crippen molar-refractivity contribution < 1.29 is 13.3 Å². The number of nitrogen functional groups attached to an aromatic ring is 3. The standard InChI is InChI=1S/C3H6N6.H2O3S2/c4-1-7-2(5)9-3(6)8-1;1-5(2,3)4/h(H6,4,5,6,7,8,9);(H2,1,2,3,4). The van der Waals surface area contributed by atoms with Gasteiger partial charge >= 0.3 is 0 Å². The summed E-state index contributed by atoms with van der Waals surface area (Å²) in [7, 11) is -3.83. The van der Waals surface area contributed by atoms with Crippen LogP contribution in [0.4, 0.5) is 17.8 Å². The fourth-order valence-corrected chi connectivity index (χ4v) is 0.427. The Bertz CT molecular complexity index is 346. The summed E-state index contributed by atoms with van der Waals surface area (Å²) in [5, 5.41) is 0. The van der Waals surface area contributed by atoms with Gasteiger partial charge in [-0.1, -0.05) is 0 Å². The Balaban J connectivity index is 0.000000292. The van der Waals surface area contributed by atoms with E-state index in [9.17, 15) is 0 Å². The van der Waals surface area contributed by atoms with Crippen LogP contribution in [0.2, 0.25) is 0 Å². The molecular formula is C3H8N6O3S2. The molecule has 11 heteroatoms. The maximum Gasteiger partial charge on any atom is 0.263 e. The number of nitrogens with zero attached hydrogens (tertiary/aromatic N) is 3. The van der Waals surface area contributed by atoms with Gasteiger partial charge in [0.1, 0.15) is 0 Å². The molecule has 80 valence electrons. The highest BCUT2D eigenvalue weighted by atomic mass is 32.9. The SMILES string of the molecule is Nc1nc(N)nc(N)n1.O=S(O)(O)=S. The predicted octanol–water partition coefficient (Wildman–Crippen LogP) is -1.70. The summed E-state index contributed by atoms with van der Waals surface area (Å²) in [6.45, 7) is 0. The van der Waals surface area contributed by atoms with E-state index in [2.05, 4.69) is 26.1 Å². The summed E-state index contributed by atoms with van der Waals surface area (Å²) >= 11 is 3.47. The number of nitrogens with two attached hydrogens (primary N) is 3. The van der Waals surface area contributed by atoms with E-state index < -0.39 is 9.05 Å². The summed E-state index contributed by atoms with van der Waals surface area (Å²) in [5.74, 6) is 0.125. The average Bonchev–Trinajstić information content (AvgIpc) is 1.77.